The summed E-state index contributed by atoms with van der Waals surface area (Å²) >= 11 is 0. The number of oxazole rings is 1. The van der Waals surface area contributed by atoms with Crippen LogP contribution in [0.2, 0.25) is 0 Å². The van der Waals surface area contributed by atoms with Crippen LogP contribution in [0, 0.1) is 0 Å². The molecule has 2 saturated heterocycles. The summed E-state index contributed by atoms with van der Waals surface area (Å²) in [6.07, 6.45) is -1.89. The average Bonchev–Trinajstić information content (AvgIpc) is 3.27. The summed E-state index contributed by atoms with van der Waals surface area (Å²) in [6, 6.07) is 2.91. The molecule has 13 heteroatoms. The minimum absolute atomic E-state index is 0.192. The number of carbonyl (C=O) groups excluding carboxylic acids is 1. The van der Waals surface area contributed by atoms with Crippen molar-refractivity contribution in [2.75, 3.05) is 54.4 Å². The van der Waals surface area contributed by atoms with E-state index < -0.39 is 29.6 Å². The molecule has 178 valence electrons. The number of carbonyl (C=O) groups is 2. The number of piperidine rings is 1. The monoisotopic (exact) mass is 468 g/mol. The molecule has 0 bridgehead atoms. The molecule has 10 nitrogen and oxygen atoms in total. The highest BCUT2D eigenvalue weighted by Crippen LogP contribution is 2.35. The summed E-state index contributed by atoms with van der Waals surface area (Å²) in [5.74, 6) is -1.39. The number of hydrogen-bond acceptors (Lipinski definition) is 7. The molecule has 0 aromatic carbocycles. The first-order valence-corrected chi connectivity index (χ1v) is 10.6. The van der Waals surface area contributed by atoms with E-state index in [1.54, 1.807) is 11.0 Å². The molecule has 4 rings (SSSR count). The molecule has 2 fully saturated rings. The summed E-state index contributed by atoms with van der Waals surface area (Å²) in [5, 5.41) is 11.4. The van der Waals surface area contributed by atoms with Crippen molar-refractivity contribution in [2.24, 2.45) is 0 Å². The van der Waals surface area contributed by atoms with Crippen LogP contribution in [0.4, 0.5) is 35.5 Å². The van der Waals surface area contributed by atoms with E-state index >= 15 is 0 Å². The van der Waals surface area contributed by atoms with Gasteiger partial charge in [-0.2, -0.15) is 18.2 Å². The number of alkyl halides is 3. The molecule has 0 unspecified atom stereocenters. The summed E-state index contributed by atoms with van der Waals surface area (Å²) in [6.45, 7) is 2.62. The summed E-state index contributed by atoms with van der Waals surface area (Å²) < 4.78 is 45.7. The predicted octanol–water partition coefficient (Wildman–Crippen LogP) is 3.13. The quantitative estimate of drug-likeness (QED) is 0.704. The Morgan fingerprint density at radius 2 is 1.70 bits per heavy atom. The van der Waals surface area contributed by atoms with Crippen LogP contribution >= 0.6 is 0 Å². The second kappa shape index (κ2) is 9.16. The summed E-state index contributed by atoms with van der Waals surface area (Å²) in [5.41, 5.74) is -1.17. The molecule has 0 atom stereocenters. The second-order valence-electron chi connectivity index (χ2n) is 7.84. The molecule has 0 saturated carbocycles. The van der Waals surface area contributed by atoms with Gasteiger partial charge in [0, 0.05) is 39.3 Å². The van der Waals surface area contributed by atoms with Crippen molar-refractivity contribution < 1.29 is 32.3 Å². The highest BCUT2D eigenvalue weighted by molar-refractivity contribution is 6.03. The smallest absolute Gasteiger partial charge is 0.437 e. The van der Waals surface area contributed by atoms with Crippen molar-refractivity contribution in [3.8, 4) is 0 Å². The third-order valence-electron chi connectivity index (χ3n) is 5.60. The van der Waals surface area contributed by atoms with Gasteiger partial charge >= 0.3 is 12.3 Å². The van der Waals surface area contributed by atoms with E-state index in [0.29, 0.717) is 45.1 Å². The minimum atomic E-state index is -4.84. The SMILES string of the molecule is O=C(Nc1ccc(N2CCN(C(=O)O)CC2)nc1)c1oc(N2CCCCC2)nc1C(F)(F)F. The molecule has 4 heterocycles. The standard InChI is InChI=1S/C20H23F3N6O4/c21-20(22,23)16-15(33-18(26-16)28-6-2-1-3-7-28)17(30)25-13-4-5-14(24-12-13)27-8-10-29(11-9-27)19(31)32/h4-5,12H,1-3,6-11H2,(H,25,30)(H,31,32). The number of halogens is 3. The van der Waals surface area contributed by atoms with Gasteiger partial charge < -0.3 is 29.5 Å². The first-order valence-electron chi connectivity index (χ1n) is 10.6. The Morgan fingerprint density at radius 1 is 1.00 bits per heavy atom. The number of aromatic nitrogens is 2. The first kappa shape index (κ1) is 22.7. The first-order chi connectivity index (χ1) is 15.7. The van der Waals surface area contributed by atoms with Crippen molar-refractivity contribution in [2.45, 2.75) is 25.4 Å². The van der Waals surface area contributed by atoms with Gasteiger partial charge in [-0.15, -0.1) is 0 Å². The number of amides is 2. The van der Waals surface area contributed by atoms with Gasteiger partial charge in [0.15, 0.2) is 5.69 Å². The highest BCUT2D eigenvalue weighted by atomic mass is 19.4. The van der Waals surface area contributed by atoms with E-state index in [0.717, 1.165) is 19.3 Å². The molecule has 0 radical (unpaired) electrons. The van der Waals surface area contributed by atoms with Crippen molar-refractivity contribution in [3.05, 3.63) is 29.8 Å². The Morgan fingerprint density at radius 3 is 2.27 bits per heavy atom. The fourth-order valence-electron chi connectivity index (χ4n) is 3.84. The van der Waals surface area contributed by atoms with Gasteiger partial charge in [0.2, 0.25) is 5.76 Å². The Kier molecular flexibility index (Phi) is 6.29. The van der Waals surface area contributed by atoms with E-state index in [9.17, 15) is 22.8 Å². The van der Waals surface area contributed by atoms with Gasteiger partial charge in [-0.05, 0) is 31.4 Å². The lowest BCUT2D eigenvalue weighted by atomic mass is 10.1. The third-order valence-corrected chi connectivity index (χ3v) is 5.60. The third kappa shape index (κ3) is 5.12. The van der Waals surface area contributed by atoms with Crippen LogP contribution in [0.25, 0.3) is 0 Å². The Balaban J connectivity index is 1.45. The van der Waals surface area contributed by atoms with Crippen LogP contribution in [0.15, 0.2) is 22.7 Å². The van der Waals surface area contributed by atoms with Crippen molar-refractivity contribution in [1.82, 2.24) is 14.9 Å². The number of anilines is 3. The van der Waals surface area contributed by atoms with Gasteiger partial charge in [-0.25, -0.2) is 9.78 Å². The zero-order chi connectivity index (χ0) is 23.6. The number of pyridine rings is 1. The number of hydrogen-bond donors (Lipinski definition) is 2. The van der Waals surface area contributed by atoms with Crippen LogP contribution in [0.3, 0.4) is 0 Å². The normalized spacial score (nSPS) is 17.2. The molecule has 2 aliphatic rings. The number of nitrogens with one attached hydrogen (secondary N) is 1. The van der Waals surface area contributed by atoms with Crippen LogP contribution in [-0.2, 0) is 6.18 Å². The Bertz CT molecular complexity index is 996. The highest BCUT2D eigenvalue weighted by Gasteiger charge is 2.42. The molecular weight excluding hydrogens is 445 g/mol. The largest absolute Gasteiger partial charge is 0.465 e. The lowest BCUT2D eigenvalue weighted by molar-refractivity contribution is -0.141. The maximum Gasteiger partial charge on any atom is 0.437 e. The lowest BCUT2D eigenvalue weighted by Crippen LogP contribution is -2.48. The van der Waals surface area contributed by atoms with E-state index in [-0.39, 0.29) is 11.7 Å². The zero-order valence-electron chi connectivity index (χ0n) is 17.6. The molecule has 2 amide bonds. The number of rotatable bonds is 4. The maximum absolute atomic E-state index is 13.5. The number of piperazine rings is 1. The molecule has 2 aliphatic heterocycles. The van der Waals surface area contributed by atoms with E-state index in [1.165, 1.54) is 17.2 Å². The minimum Gasteiger partial charge on any atom is -0.465 e. The average molecular weight is 468 g/mol. The van der Waals surface area contributed by atoms with Gasteiger partial charge in [0.05, 0.1) is 11.9 Å². The predicted molar refractivity (Wildman–Crippen MR) is 112 cm³/mol. The molecule has 2 aromatic heterocycles. The van der Waals surface area contributed by atoms with E-state index in [4.69, 9.17) is 9.52 Å². The second-order valence-corrected chi connectivity index (χ2v) is 7.84. The fourth-order valence-corrected chi connectivity index (χ4v) is 3.84. The van der Waals surface area contributed by atoms with Crippen molar-refractivity contribution in [3.63, 3.8) is 0 Å². The van der Waals surface area contributed by atoms with Gasteiger partial charge in [-0.1, -0.05) is 0 Å². The maximum atomic E-state index is 13.5. The van der Waals surface area contributed by atoms with Gasteiger partial charge in [0.25, 0.3) is 11.9 Å². The van der Waals surface area contributed by atoms with Crippen LogP contribution in [0.5, 0.6) is 0 Å². The van der Waals surface area contributed by atoms with Gasteiger partial charge in [-0.3, -0.25) is 4.79 Å². The zero-order valence-corrected chi connectivity index (χ0v) is 17.6. The Hall–Kier alpha value is -3.51. The lowest BCUT2D eigenvalue weighted by Gasteiger charge is -2.33. The molecular formula is C20H23F3N6O4. The van der Waals surface area contributed by atoms with Crippen molar-refractivity contribution >= 4 is 29.5 Å². The fraction of sp³-hybridized carbons (Fsp3) is 0.500. The van der Waals surface area contributed by atoms with Crippen LogP contribution < -0.4 is 15.1 Å². The van der Waals surface area contributed by atoms with E-state index in [1.807, 2.05) is 4.90 Å². The molecule has 2 N–H and O–H groups in total. The molecule has 0 spiro atoms. The van der Waals surface area contributed by atoms with Crippen molar-refractivity contribution in [1.29, 1.82) is 0 Å². The van der Waals surface area contributed by atoms with Crippen LogP contribution in [-0.4, -0.2) is 71.2 Å². The number of carboxylic acid groups (broad SMARTS) is 1. The Labute approximate surface area is 187 Å². The summed E-state index contributed by atoms with van der Waals surface area (Å²) in [4.78, 5) is 36.2. The van der Waals surface area contributed by atoms with Gasteiger partial charge in [0.1, 0.15) is 5.82 Å². The molecule has 0 aliphatic carbocycles. The molecule has 2 aromatic rings. The summed E-state index contributed by atoms with van der Waals surface area (Å²) in [7, 11) is 0. The van der Waals surface area contributed by atoms with Crippen LogP contribution in [0.1, 0.15) is 35.5 Å². The molecule has 33 heavy (non-hydrogen) atoms. The van der Waals surface area contributed by atoms with E-state index in [2.05, 4.69) is 15.3 Å². The topological polar surface area (TPSA) is 115 Å². The number of nitrogens with zero attached hydrogens (tertiary/aromatic N) is 5.